The molecule has 1 aliphatic carbocycles. The SMILES string of the molecule is c1ccc(-c2ccc(N(c3ccccc3)c3ccc(N(c4ccccc4)c4ccccc4)c4c3C3(c5ccccc5-4)c4ccccc4N(c4cccc5ccccc45)c4ccccc43)cc2)cc1. The number of rotatable bonds is 8. The zero-order chi connectivity index (χ0) is 45.0. The fraction of sp³-hybridized carbons (Fsp3) is 0.0154. The van der Waals surface area contributed by atoms with E-state index in [-0.39, 0.29) is 0 Å². The van der Waals surface area contributed by atoms with E-state index in [0.717, 1.165) is 51.2 Å². The molecule has 1 aliphatic heterocycles. The third-order valence-corrected chi connectivity index (χ3v) is 14.0. The summed E-state index contributed by atoms with van der Waals surface area (Å²) in [6.45, 7) is 0. The lowest BCUT2D eigenvalue weighted by molar-refractivity contribution is 0.752. The highest BCUT2D eigenvalue weighted by molar-refractivity contribution is 6.07. The number of nitrogens with zero attached hydrogens (tertiary/aromatic N) is 3. The van der Waals surface area contributed by atoms with Crippen molar-refractivity contribution < 1.29 is 0 Å². The maximum atomic E-state index is 2.51. The van der Waals surface area contributed by atoms with Crippen LogP contribution in [-0.4, -0.2) is 0 Å². The first-order valence-electron chi connectivity index (χ1n) is 23.4. The van der Waals surface area contributed by atoms with E-state index in [4.69, 9.17) is 0 Å². The molecule has 1 heterocycles. The van der Waals surface area contributed by atoms with Gasteiger partial charge in [0.1, 0.15) is 0 Å². The van der Waals surface area contributed by atoms with Crippen LogP contribution in [0.15, 0.2) is 273 Å². The summed E-state index contributed by atoms with van der Waals surface area (Å²) in [4.78, 5) is 7.45. The molecule has 11 aromatic carbocycles. The highest BCUT2D eigenvalue weighted by atomic mass is 15.2. The average Bonchev–Trinajstić information content (AvgIpc) is 3.72. The fourth-order valence-electron chi connectivity index (χ4n) is 11.3. The summed E-state index contributed by atoms with van der Waals surface area (Å²) < 4.78 is 0. The normalized spacial score (nSPS) is 12.8. The molecule has 0 atom stereocenters. The Morgan fingerprint density at radius 1 is 0.294 bits per heavy atom. The van der Waals surface area contributed by atoms with Crippen molar-refractivity contribution in [3.05, 3.63) is 295 Å². The van der Waals surface area contributed by atoms with Crippen LogP contribution in [-0.2, 0) is 5.41 Å². The third kappa shape index (κ3) is 6.06. The van der Waals surface area contributed by atoms with Gasteiger partial charge in [-0.25, -0.2) is 0 Å². The molecule has 0 fully saturated rings. The molecule has 0 bridgehead atoms. The molecular formula is C65H45N3. The molecule has 0 saturated carbocycles. The van der Waals surface area contributed by atoms with Crippen LogP contribution in [0.3, 0.4) is 0 Å². The summed E-state index contributed by atoms with van der Waals surface area (Å²) in [5, 5.41) is 2.42. The Kier molecular flexibility index (Phi) is 9.40. The first kappa shape index (κ1) is 39.4. The summed E-state index contributed by atoms with van der Waals surface area (Å²) in [5.74, 6) is 0. The van der Waals surface area contributed by atoms with Crippen molar-refractivity contribution >= 4 is 62.0 Å². The van der Waals surface area contributed by atoms with Gasteiger partial charge in [0.15, 0.2) is 0 Å². The lowest BCUT2D eigenvalue weighted by Crippen LogP contribution is -2.37. The van der Waals surface area contributed by atoms with E-state index in [1.54, 1.807) is 0 Å². The van der Waals surface area contributed by atoms with E-state index in [0.29, 0.717) is 0 Å². The molecule has 2 aliphatic rings. The molecule has 11 aromatic rings. The van der Waals surface area contributed by atoms with Crippen molar-refractivity contribution in [1.29, 1.82) is 0 Å². The number of para-hydroxylation sites is 5. The second-order valence-electron chi connectivity index (χ2n) is 17.6. The molecule has 0 amide bonds. The minimum absolute atomic E-state index is 0.762. The minimum atomic E-state index is -0.762. The Morgan fingerprint density at radius 2 is 0.721 bits per heavy atom. The van der Waals surface area contributed by atoms with Gasteiger partial charge >= 0.3 is 0 Å². The van der Waals surface area contributed by atoms with Crippen LogP contribution in [0.4, 0.5) is 51.2 Å². The molecule has 68 heavy (non-hydrogen) atoms. The van der Waals surface area contributed by atoms with Crippen LogP contribution in [0.25, 0.3) is 33.0 Å². The van der Waals surface area contributed by atoms with E-state index in [1.165, 1.54) is 55.3 Å². The monoisotopic (exact) mass is 867 g/mol. The van der Waals surface area contributed by atoms with Crippen molar-refractivity contribution in [3.8, 4) is 22.3 Å². The second kappa shape index (κ2) is 16.2. The van der Waals surface area contributed by atoms with Crippen LogP contribution >= 0.6 is 0 Å². The Bertz CT molecular complexity index is 3530. The van der Waals surface area contributed by atoms with E-state index in [2.05, 4.69) is 288 Å². The zero-order valence-electron chi connectivity index (χ0n) is 37.3. The lowest BCUT2D eigenvalue weighted by Gasteiger charge is -2.46. The summed E-state index contributed by atoms with van der Waals surface area (Å²) in [6.07, 6.45) is 0. The molecule has 3 nitrogen and oxygen atoms in total. The molecule has 0 saturated heterocycles. The van der Waals surface area contributed by atoms with Crippen molar-refractivity contribution in [3.63, 3.8) is 0 Å². The quantitative estimate of drug-likeness (QED) is 0.151. The zero-order valence-corrected chi connectivity index (χ0v) is 37.3. The summed E-state index contributed by atoms with van der Waals surface area (Å²) in [5.41, 5.74) is 19.0. The standard InChI is InChI=1S/C65H45N3/c1-5-22-46(23-6-1)47-40-42-52(43-41-47)67(51-30-11-4-12-31-51)62-45-44-61(66(49-26-7-2-8-27-49)50-28-9-3-10-29-50)63-54-33-15-16-34-55(54)65(64(62)63)56-35-17-19-37-59(56)68(60-38-20-18-36-57(60)65)58-39-21-25-48-24-13-14-32-53(48)58/h1-45H. The molecule has 3 heteroatoms. The van der Waals surface area contributed by atoms with Crippen molar-refractivity contribution in [2.75, 3.05) is 14.7 Å². The maximum absolute atomic E-state index is 2.51. The number of hydrogen-bond acceptors (Lipinski definition) is 3. The van der Waals surface area contributed by atoms with Crippen LogP contribution in [0.1, 0.15) is 22.3 Å². The van der Waals surface area contributed by atoms with Crippen molar-refractivity contribution in [2.45, 2.75) is 5.41 Å². The van der Waals surface area contributed by atoms with Gasteiger partial charge in [-0.15, -0.1) is 0 Å². The van der Waals surface area contributed by atoms with Gasteiger partial charge in [-0.2, -0.15) is 0 Å². The highest BCUT2D eigenvalue weighted by Crippen LogP contribution is 2.68. The fourth-order valence-corrected chi connectivity index (χ4v) is 11.3. The van der Waals surface area contributed by atoms with E-state index >= 15 is 0 Å². The Hall–Kier alpha value is -8.92. The van der Waals surface area contributed by atoms with Gasteiger partial charge in [0.25, 0.3) is 0 Å². The Morgan fingerprint density at radius 3 is 1.34 bits per heavy atom. The summed E-state index contributed by atoms with van der Waals surface area (Å²) in [6, 6.07) is 100. The van der Waals surface area contributed by atoms with Crippen LogP contribution in [0.5, 0.6) is 0 Å². The Balaban J connectivity index is 1.17. The topological polar surface area (TPSA) is 9.72 Å². The van der Waals surface area contributed by atoms with Gasteiger partial charge in [0, 0.05) is 39.3 Å². The second-order valence-corrected chi connectivity index (χ2v) is 17.6. The van der Waals surface area contributed by atoms with Gasteiger partial charge in [0.05, 0.1) is 33.9 Å². The number of hydrogen-bond donors (Lipinski definition) is 0. The van der Waals surface area contributed by atoms with Gasteiger partial charge in [0.2, 0.25) is 0 Å². The first-order valence-corrected chi connectivity index (χ1v) is 23.4. The molecule has 0 aromatic heterocycles. The lowest BCUT2D eigenvalue weighted by atomic mass is 9.64. The summed E-state index contributed by atoms with van der Waals surface area (Å²) in [7, 11) is 0. The van der Waals surface area contributed by atoms with E-state index in [1.807, 2.05) is 0 Å². The van der Waals surface area contributed by atoms with Crippen LogP contribution < -0.4 is 14.7 Å². The summed E-state index contributed by atoms with van der Waals surface area (Å²) >= 11 is 0. The predicted octanol–water partition coefficient (Wildman–Crippen LogP) is 17.6. The predicted molar refractivity (Wildman–Crippen MR) is 284 cm³/mol. The third-order valence-electron chi connectivity index (χ3n) is 14.0. The molecule has 13 rings (SSSR count). The molecule has 1 spiro atoms. The first-order chi connectivity index (χ1) is 33.8. The van der Waals surface area contributed by atoms with E-state index < -0.39 is 5.41 Å². The Labute approximate surface area is 397 Å². The molecular weight excluding hydrogens is 823 g/mol. The van der Waals surface area contributed by atoms with Crippen LogP contribution in [0, 0.1) is 0 Å². The average molecular weight is 868 g/mol. The van der Waals surface area contributed by atoms with Crippen LogP contribution in [0.2, 0.25) is 0 Å². The van der Waals surface area contributed by atoms with Gasteiger partial charge < -0.3 is 14.7 Å². The number of fused-ring (bicyclic) bond motifs is 10. The molecule has 0 radical (unpaired) electrons. The smallest absolute Gasteiger partial charge is 0.0775 e. The molecule has 320 valence electrons. The van der Waals surface area contributed by atoms with Crippen molar-refractivity contribution in [2.24, 2.45) is 0 Å². The molecule has 0 N–H and O–H groups in total. The van der Waals surface area contributed by atoms with Crippen molar-refractivity contribution in [1.82, 2.24) is 0 Å². The largest absolute Gasteiger partial charge is 0.310 e. The minimum Gasteiger partial charge on any atom is -0.310 e. The maximum Gasteiger partial charge on any atom is 0.0775 e. The van der Waals surface area contributed by atoms with Gasteiger partial charge in [-0.3, -0.25) is 0 Å². The number of anilines is 9. The van der Waals surface area contributed by atoms with E-state index in [9.17, 15) is 0 Å². The van der Waals surface area contributed by atoms with Gasteiger partial charge in [-0.1, -0.05) is 194 Å². The number of benzene rings is 11. The van der Waals surface area contributed by atoms with Gasteiger partial charge in [-0.05, 0) is 118 Å². The highest BCUT2D eigenvalue weighted by Gasteiger charge is 2.54. The molecule has 0 unspecified atom stereocenters.